The third kappa shape index (κ3) is 3.91. The predicted octanol–water partition coefficient (Wildman–Crippen LogP) is 5.20. The monoisotopic (exact) mass is 373 g/mol. The average Bonchev–Trinajstić information content (AvgIpc) is 3.02. The van der Waals surface area contributed by atoms with E-state index in [4.69, 9.17) is 11.6 Å². The summed E-state index contributed by atoms with van der Waals surface area (Å²) in [7, 11) is 0. The number of carbonyl (C=O) groups excluding carboxylic acids is 1. The van der Waals surface area contributed by atoms with Gasteiger partial charge < -0.3 is 10.0 Å². The number of rotatable bonds is 4. The van der Waals surface area contributed by atoms with Gasteiger partial charge in [0.25, 0.3) is 0 Å². The molecule has 1 amide bonds. The molecule has 5 heteroatoms. The predicted molar refractivity (Wildman–Crippen MR) is 101 cm³/mol. The number of phenols is 1. The fourth-order valence-corrected chi connectivity index (χ4v) is 3.40. The van der Waals surface area contributed by atoms with Crippen LogP contribution in [0.5, 0.6) is 5.75 Å². The first-order valence-electron chi connectivity index (χ1n) is 8.59. The van der Waals surface area contributed by atoms with Crippen molar-refractivity contribution in [2.75, 3.05) is 6.54 Å². The zero-order valence-electron chi connectivity index (χ0n) is 14.7. The molecule has 26 heavy (non-hydrogen) atoms. The molecule has 0 spiro atoms. The third-order valence-electron chi connectivity index (χ3n) is 4.42. The van der Waals surface area contributed by atoms with Crippen LogP contribution in [-0.4, -0.2) is 22.5 Å². The van der Waals surface area contributed by atoms with Crippen molar-refractivity contribution >= 4 is 23.1 Å². The summed E-state index contributed by atoms with van der Waals surface area (Å²) in [5, 5.41) is 10.3. The summed E-state index contributed by atoms with van der Waals surface area (Å²) in [5.41, 5.74) is 1.91. The van der Waals surface area contributed by atoms with Crippen LogP contribution in [0.15, 0.2) is 48.5 Å². The number of aromatic hydroxyl groups is 1. The molecule has 3 nitrogen and oxygen atoms in total. The van der Waals surface area contributed by atoms with Gasteiger partial charge in [0, 0.05) is 23.6 Å². The van der Waals surface area contributed by atoms with Crippen LogP contribution >= 0.6 is 11.6 Å². The largest absolute Gasteiger partial charge is 0.508 e. The van der Waals surface area contributed by atoms with E-state index < -0.39 is 0 Å². The molecule has 2 aromatic carbocycles. The van der Waals surface area contributed by atoms with Crippen LogP contribution in [-0.2, 0) is 4.79 Å². The molecule has 1 aliphatic heterocycles. The van der Waals surface area contributed by atoms with Crippen LogP contribution in [0, 0.1) is 11.7 Å². The molecule has 0 saturated carbocycles. The van der Waals surface area contributed by atoms with Gasteiger partial charge in [-0.05, 0) is 47.4 Å². The number of benzene rings is 2. The summed E-state index contributed by atoms with van der Waals surface area (Å²) in [6.07, 6.45) is 2.29. The van der Waals surface area contributed by atoms with Gasteiger partial charge in [-0.2, -0.15) is 0 Å². The maximum Gasteiger partial charge on any atom is 0.223 e. The Morgan fingerprint density at radius 2 is 2.08 bits per heavy atom. The normalized spacial score (nSPS) is 16.9. The molecule has 1 heterocycles. The Labute approximate surface area is 157 Å². The Morgan fingerprint density at radius 1 is 1.31 bits per heavy atom. The van der Waals surface area contributed by atoms with E-state index in [1.807, 2.05) is 26.0 Å². The van der Waals surface area contributed by atoms with Crippen LogP contribution in [0.4, 0.5) is 4.39 Å². The number of nitrogens with zero attached hydrogens (tertiary/aromatic N) is 1. The third-order valence-corrected chi connectivity index (χ3v) is 4.66. The smallest absolute Gasteiger partial charge is 0.223 e. The van der Waals surface area contributed by atoms with Crippen molar-refractivity contribution in [3.05, 3.63) is 70.5 Å². The van der Waals surface area contributed by atoms with Crippen molar-refractivity contribution in [2.24, 2.45) is 5.92 Å². The first kappa shape index (κ1) is 18.5. The summed E-state index contributed by atoms with van der Waals surface area (Å²) in [5.74, 6) is -0.00989. The van der Waals surface area contributed by atoms with Gasteiger partial charge in [-0.15, -0.1) is 0 Å². The lowest BCUT2D eigenvalue weighted by atomic mass is 10.0. The Morgan fingerprint density at radius 3 is 2.77 bits per heavy atom. The van der Waals surface area contributed by atoms with Gasteiger partial charge >= 0.3 is 0 Å². The molecular formula is C21H21ClFNO2. The highest BCUT2D eigenvalue weighted by atomic mass is 35.5. The van der Waals surface area contributed by atoms with Crippen molar-refractivity contribution in [1.29, 1.82) is 0 Å². The number of hydrogen-bond acceptors (Lipinski definition) is 2. The van der Waals surface area contributed by atoms with Crippen molar-refractivity contribution in [2.45, 2.75) is 26.3 Å². The number of carbonyl (C=O) groups is 1. The summed E-state index contributed by atoms with van der Waals surface area (Å²) in [6.45, 7) is 4.29. The number of halogens is 2. The van der Waals surface area contributed by atoms with Crippen molar-refractivity contribution < 1.29 is 14.3 Å². The van der Waals surface area contributed by atoms with Gasteiger partial charge in [0.15, 0.2) is 0 Å². The van der Waals surface area contributed by atoms with E-state index in [0.717, 1.165) is 11.1 Å². The molecule has 1 aliphatic rings. The number of amides is 1. The highest BCUT2D eigenvalue weighted by Crippen LogP contribution is 2.37. The van der Waals surface area contributed by atoms with Crippen LogP contribution in [0.2, 0.25) is 5.02 Å². The molecule has 0 bridgehead atoms. The molecule has 3 rings (SSSR count). The first-order chi connectivity index (χ1) is 12.3. The number of phenolic OH excluding ortho intramolecular Hbond substituents is 1. The van der Waals surface area contributed by atoms with Gasteiger partial charge in [-0.3, -0.25) is 4.79 Å². The molecular weight excluding hydrogens is 353 g/mol. The van der Waals surface area contributed by atoms with Crippen molar-refractivity contribution in [3.8, 4) is 5.75 Å². The Bertz CT molecular complexity index is 863. The van der Waals surface area contributed by atoms with E-state index in [-0.39, 0.29) is 29.4 Å². The Balaban J connectivity index is 2.01. The second-order valence-electron chi connectivity index (χ2n) is 6.98. The summed E-state index contributed by atoms with van der Waals surface area (Å²) in [6, 6.07) is 10.9. The molecule has 1 atom stereocenters. The Kier molecular flexibility index (Phi) is 5.33. The highest BCUT2D eigenvalue weighted by molar-refractivity contribution is 6.30. The SMILES string of the molecule is CC(C)CC(=O)N1CC(c2cc(Cl)ccc2F)=C[C@H]1c1cccc(O)c1. The lowest BCUT2D eigenvalue weighted by Gasteiger charge is -2.26. The fourth-order valence-electron chi connectivity index (χ4n) is 3.23. The second-order valence-corrected chi connectivity index (χ2v) is 7.41. The van der Waals surface area contributed by atoms with Gasteiger partial charge in [-0.25, -0.2) is 4.39 Å². The summed E-state index contributed by atoms with van der Waals surface area (Å²) in [4.78, 5) is 14.5. The van der Waals surface area contributed by atoms with Gasteiger partial charge in [-0.1, -0.05) is 43.7 Å². The molecule has 0 fully saturated rings. The lowest BCUT2D eigenvalue weighted by Crippen LogP contribution is -2.32. The van der Waals surface area contributed by atoms with Crippen molar-refractivity contribution in [1.82, 2.24) is 4.90 Å². The van der Waals surface area contributed by atoms with Crippen LogP contribution in [0.3, 0.4) is 0 Å². The molecule has 0 saturated heterocycles. The quantitative estimate of drug-likeness (QED) is 0.800. The minimum atomic E-state index is -0.367. The minimum absolute atomic E-state index is 0.00188. The summed E-state index contributed by atoms with van der Waals surface area (Å²) < 4.78 is 14.3. The van der Waals surface area contributed by atoms with E-state index in [1.165, 1.54) is 12.1 Å². The topological polar surface area (TPSA) is 40.5 Å². The molecule has 0 aromatic heterocycles. The van der Waals surface area contributed by atoms with Gasteiger partial charge in [0.1, 0.15) is 11.6 Å². The zero-order valence-corrected chi connectivity index (χ0v) is 15.5. The molecule has 1 N–H and O–H groups in total. The van der Waals surface area contributed by atoms with E-state index in [1.54, 1.807) is 29.2 Å². The Hall–Kier alpha value is -2.33. The molecule has 0 radical (unpaired) electrons. The standard InChI is InChI=1S/C21H21ClFNO2/c1-13(2)8-21(26)24-12-15(18-11-16(22)6-7-19(18)23)10-20(24)14-4-3-5-17(25)9-14/h3-7,9-11,13,20,25H,8,12H2,1-2H3/t20-/m0/s1. The lowest BCUT2D eigenvalue weighted by molar-refractivity contribution is -0.132. The van der Waals surface area contributed by atoms with E-state index in [9.17, 15) is 14.3 Å². The highest BCUT2D eigenvalue weighted by Gasteiger charge is 2.31. The zero-order chi connectivity index (χ0) is 18.8. The maximum absolute atomic E-state index is 14.3. The molecule has 0 aliphatic carbocycles. The average molecular weight is 374 g/mol. The van der Waals surface area contributed by atoms with E-state index >= 15 is 0 Å². The second kappa shape index (κ2) is 7.50. The van der Waals surface area contributed by atoms with Crippen LogP contribution in [0.25, 0.3) is 5.57 Å². The molecule has 0 unspecified atom stereocenters. The van der Waals surface area contributed by atoms with Gasteiger partial charge in [0.2, 0.25) is 5.91 Å². The van der Waals surface area contributed by atoms with Gasteiger partial charge in [0.05, 0.1) is 6.04 Å². The first-order valence-corrected chi connectivity index (χ1v) is 8.97. The fraction of sp³-hybridized carbons (Fsp3) is 0.286. The summed E-state index contributed by atoms with van der Waals surface area (Å²) >= 11 is 6.03. The van der Waals surface area contributed by atoms with E-state index in [2.05, 4.69) is 0 Å². The molecule has 136 valence electrons. The molecule has 2 aromatic rings. The minimum Gasteiger partial charge on any atom is -0.508 e. The van der Waals surface area contributed by atoms with Crippen molar-refractivity contribution in [3.63, 3.8) is 0 Å². The van der Waals surface area contributed by atoms with Crippen LogP contribution < -0.4 is 0 Å². The van der Waals surface area contributed by atoms with Crippen LogP contribution in [0.1, 0.15) is 37.4 Å². The van der Waals surface area contributed by atoms with E-state index in [0.29, 0.717) is 23.6 Å². The number of hydrogen-bond donors (Lipinski definition) is 1. The maximum atomic E-state index is 14.3.